The quantitative estimate of drug-likeness (QED) is 0.609. The number of carbonyl (C=O) groups excluding carboxylic acids is 1. The molecule has 1 aliphatic rings. The molecule has 1 heterocycles. The average molecular weight is 355 g/mol. The van der Waals surface area contributed by atoms with Crippen molar-refractivity contribution in [2.24, 2.45) is 0 Å². The summed E-state index contributed by atoms with van der Waals surface area (Å²) in [4.78, 5) is 26.9. The van der Waals surface area contributed by atoms with E-state index in [4.69, 9.17) is 4.74 Å². The Morgan fingerprint density at radius 1 is 1.04 bits per heavy atom. The van der Waals surface area contributed by atoms with E-state index in [0.29, 0.717) is 18.8 Å². The summed E-state index contributed by atoms with van der Waals surface area (Å²) in [6.45, 7) is 4.54. The number of nitro groups is 1. The van der Waals surface area contributed by atoms with Crippen LogP contribution in [0.2, 0.25) is 0 Å². The highest BCUT2D eigenvalue weighted by atomic mass is 16.6. The van der Waals surface area contributed by atoms with Gasteiger partial charge in [-0.3, -0.25) is 14.9 Å². The third-order valence-electron chi connectivity index (χ3n) is 4.42. The van der Waals surface area contributed by atoms with E-state index in [1.807, 2.05) is 18.2 Å². The summed E-state index contributed by atoms with van der Waals surface area (Å²) < 4.78 is 5.65. The topological polar surface area (TPSA) is 75.9 Å². The van der Waals surface area contributed by atoms with Gasteiger partial charge in [-0.15, -0.1) is 0 Å². The van der Waals surface area contributed by atoms with Gasteiger partial charge in [0.05, 0.1) is 4.92 Å². The molecule has 0 unspecified atom stereocenters. The molecule has 1 atom stereocenters. The number of para-hydroxylation sites is 1. The van der Waals surface area contributed by atoms with Gasteiger partial charge in [-0.05, 0) is 31.2 Å². The van der Waals surface area contributed by atoms with Crippen molar-refractivity contribution < 1.29 is 14.5 Å². The molecule has 1 saturated heterocycles. The second-order valence-corrected chi connectivity index (χ2v) is 6.16. The van der Waals surface area contributed by atoms with Gasteiger partial charge in [0.25, 0.3) is 11.6 Å². The highest BCUT2D eigenvalue weighted by Gasteiger charge is 2.26. The molecule has 0 N–H and O–H groups in total. The molecule has 1 fully saturated rings. The lowest BCUT2D eigenvalue weighted by Gasteiger charge is -2.37. The van der Waals surface area contributed by atoms with Crippen molar-refractivity contribution in [1.82, 2.24) is 4.90 Å². The zero-order chi connectivity index (χ0) is 18.5. The number of nitrogens with zero attached hydrogens (tertiary/aromatic N) is 3. The Balaban J connectivity index is 1.53. The number of ether oxygens (including phenoxy) is 1. The lowest BCUT2D eigenvalue weighted by Crippen LogP contribution is -2.52. The molecule has 7 nitrogen and oxygen atoms in total. The van der Waals surface area contributed by atoms with Crippen LogP contribution in [0.3, 0.4) is 0 Å². The molecule has 1 amide bonds. The number of rotatable bonds is 5. The minimum Gasteiger partial charge on any atom is -0.481 e. The Kier molecular flexibility index (Phi) is 5.36. The predicted octanol–water partition coefficient (Wildman–Crippen LogP) is 2.71. The molecular weight excluding hydrogens is 334 g/mol. The highest BCUT2D eigenvalue weighted by Crippen LogP contribution is 2.20. The minimum atomic E-state index is -0.639. The van der Waals surface area contributed by atoms with Crippen molar-refractivity contribution in [1.29, 1.82) is 0 Å². The van der Waals surface area contributed by atoms with Gasteiger partial charge in [0.2, 0.25) is 0 Å². The van der Waals surface area contributed by atoms with Gasteiger partial charge in [-0.2, -0.15) is 0 Å². The van der Waals surface area contributed by atoms with Crippen molar-refractivity contribution in [2.75, 3.05) is 31.1 Å². The molecule has 0 aliphatic carbocycles. The van der Waals surface area contributed by atoms with E-state index in [2.05, 4.69) is 17.0 Å². The molecular formula is C19H21N3O4. The van der Waals surface area contributed by atoms with Crippen LogP contribution in [0, 0.1) is 10.1 Å². The molecule has 2 aromatic rings. The number of benzene rings is 2. The number of hydrogen-bond donors (Lipinski definition) is 0. The fourth-order valence-electron chi connectivity index (χ4n) is 2.98. The Hall–Kier alpha value is -3.09. The van der Waals surface area contributed by atoms with Crippen molar-refractivity contribution >= 4 is 17.3 Å². The maximum atomic E-state index is 12.6. The highest BCUT2D eigenvalue weighted by molar-refractivity contribution is 5.81. The molecule has 2 aromatic carbocycles. The number of piperazine rings is 1. The molecule has 7 heteroatoms. The summed E-state index contributed by atoms with van der Waals surface area (Å²) in [5.74, 6) is 0.371. The van der Waals surface area contributed by atoms with Gasteiger partial charge in [-0.1, -0.05) is 18.2 Å². The summed E-state index contributed by atoms with van der Waals surface area (Å²) >= 11 is 0. The van der Waals surface area contributed by atoms with Gasteiger partial charge in [-0.25, -0.2) is 0 Å². The second kappa shape index (κ2) is 7.86. The van der Waals surface area contributed by atoms with E-state index >= 15 is 0 Å². The number of non-ortho nitro benzene ring substituents is 1. The van der Waals surface area contributed by atoms with Crippen LogP contribution in [-0.2, 0) is 4.79 Å². The van der Waals surface area contributed by atoms with E-state index in [0.717, 1.165) is 18.8 Å². The van der Waals surface area contributed by atoms with E-state index in [9.17, 15) is 14.9 Å². The van der Waals surface area contributed by atoms with E-state index < -0.39 is 11.0 Å². The summed E-state index contributed by atoms with van der Waals surface area (Å²) in [5, 5.41) is 10.7. The molecule has 0 radical (unpaired) electrons. The van der Waals surface area contributed by atoms with Crippen LogP contribution in [0.25, 0.3) is 0 Å². The zero-order valence-electron chi connectivity index (χ0n) is 14.6. The first-order chi connectivity index (χ1) is 12.5. The van der Waals surface area contributed by atoms with Gasteiger partial charge < -0.3 is 14.5 Å². The van der Waals surface area contributed by atoms with Crippen LogP contribution in [0.15, 0.2) is 54.6 Å². The first-order valence-corrected chi connectivity index (χ1v) is 8.54. The number of anilines is 1. The van der Waals surface area contributed by atoms with Gasteiger partial charge in [0.1, 0.15) is 5.75 Å². The Morgan fingerprint density at radius 2 is 1.65 bits per heavy atom. The van der Waals surface area contributed by atoms with E-state index in [1.165, 1.54) is 24.3 Å². The zero-order valence-corrected chi connectivity index (χ0v) is 14.6. The second-order valence-electron chi connectivity index (χ2n) is 6.16. The third-order valence-corrected chi connectivity index (χ3v) is 4.42. The Morgan fingerprint density at radius 3 is 2.23 bits per heavy atom. The number of amides is 1. The van der Waals surface area contributed by atoms with Crippen LogP contribution in [0.4, 0.5) is 11.4 Å². The molecule has 0 saturated carbocycles. The Bertz CT molecular complexity index is 756. The van der Waals surface area contributed by atoms with Crippen molar-refractivity contribution in [3.05, 3.63) is 64.7 Å². The van der Waals surface area contributed by atoms with Crippen LogP contribution in [0.5, 0.6) is 5.75 Å². The standard InChI is InChI=1S/C19H21N3O4/c1-15(26-18-9-7-17(8-10-18)22(24)25)19(23)21-13-11-20(12-14-21)16-5-3-2-4-6-16/h2-10,15H,11-14H2,1H3/t15-/m1/s1. The van der Waals surface area contributed by atoms with Crippen LogP contribution in [0.1, 0.15) is 6.92 Å². The summed E-state index contributed by atoms with van der Waals surface area (Å²) in [5.41, 5.74) is 1.16. The number of nitro benzene ring substituents is 1. The van der Waals surface area contributed by atoms with Crippen LogP contribution >= 0.6 is 0 Å². The number of hydrogen-bond acceptors (Lipinski definition) is 5. The van der Waals surface area contributed by atoms with E-state index in [1.54, 1.807) is 11.8 Å². The largest absolute Gasteiger partial charge is 0.481 e. The SMILES string of the molecule is C[C@@H](Oc1ccc([N+](=O)[O-])cc1)C(=O)N1CCN(c2ccccc2)CC1. The number of carbonyl (C=O) groups is 1. The van der Waals surface area contributed by atoms with Crippen molar-refractivity contribution in [3.8, 4) is 5.75 Å². The lowest BCUT2D eigenvalue weighted by atomic mass is 10.2. The smallest absolute Gasteiger partial charge is 0.269 e. The maximum absolute atomic E-state index is 12.6. The normalized spacial score (nSPS) is 15.4. The summed E-state index contributed by atoms with van der Waals surface area (Å²) in [7, 11) is 0. The van der Waals surface area contributed by atoms with Gasteiger partial charge in [0, 0.05) is 44.0 Å². The summed E-state index contributed by atoms with van der Waals surface area (Å²) in [6.07, 6.45) is -0.639. The molecule has 0 spiro atoms. The van der Waals surface area contributed by atoms with Gasteiger partial charge >= 0.3 is 0 Å². The first-order valence-electron chi connectivity index (χ1n) is 8.54. The predicted molar refractivity (Wildman–Crippen MR) is 98.4 cm³/mol. The minimum absolute atomic E-state index is 0.00614. The third kappa shape index (κ3) is 4.11. The van der Waals surface area contributed by atoms with Crippen molar-refractivity contribution in [3.63, 3.8) is 0 Å². The van der Waals surface area contributed by atoms with Crippen LogP contribution < -0.4 is 9.64 Å². The monoisotopic (exact) mass is 355 g/mol. The molecule has 136 valence electrons. The Labute approximate surface area is 151 Å². The molecule has 0 bridgehead atoms. The maximum Gasteiger partial charge on any atom is 0.269 e. The van der Waals surface area contributed by atoms with Crippen LogP contribution in [-0.4, -0.2) is 48.0 Å². The molecule has 3 rings (SSSR count). The molecule has 0 aromatic heterocycles. The average Bonchev–Trinajstić information content (AvgIpc) is 2.68. The fraction of sp³-hybridized carbons (Fsp3) is 0.316. The van der Waals surface area contributed by atoms with E-state index in [-0.39, 0.29) is 11.6 Å². The first kappa shape index (κ1) is 17.7. The summed E-state index contributed by atoms with van der Waals surface area (Å²) in [6, 6.07) is 15.9. The van der Waals surface area contributed by atoms with Crippen molar-refractivity contribution in [2.45, 2.75) is 13.0 Å². The fourth-order valence-corrected chi connectivity index (χ4v) is 2.98. The molecule has 1 aliphatic heterocycles. The lowest BCUT2D eigenvalue weighted by molar-refractivity contribution is -0.384. The molecule has 26 heavy (non-hydrogen) atoms. The van der Waals surface area contributed by atoms with Gasteiger partial charge in [0.15, 0.2) is 6.10 Å².